The van der Waals surface area contributed by atoms with E-state index in [4.69, 9.17) is 9.73 Å². The number of anilines is 1. The minimum Gasteiger partial charge on any atom is -0.475 e. The lowest BCUT2D eigenvalue weighted by atomic mass is 9.88. The molecule has 2 aromatic carbocycles. The number of carbonyl (C=O) groups is 1. The predicted octanol–water partition coefficient (Wildman–Crippen LogP) is 4.84. The number of nitrogens with zero attached hydrogens (tertiary/aromatic N) is 4. The number of aromatic nitrogens is 3. The molecule has 0 radical (unpaired) electrons. The van der Waals surface area contributed by atoms with Gasteiger partial charge in [-0.25, -0.2) is 4.99 Å². The van der Waals surface area contributed by atoms with E-state index in [0.29, 0.717) is 35.2 Å². The highest BCUT2D eigenvalue weighted by atomic mass is 16.5. The van der Waals surface area contributed by atoms with Crippen molar-refractivity contribution in [2.24, 2.45) is 10.4 Å². The van der Waals surface area contributed by atoms with Gasteiger partial charge in [0.15, 0.2) is 11.5 Å². The van der Waals surface area contributed by atoms with Crippen molar-refractivity contribution in [2.45, 2.75) is 26.8 Å². The first-order valence-electron chi connectivity index (χ1n) is 10.9. The van der Waals surface area contributed by atoms with Crippen LogP contribution in [0.4, 0.5) is 5.69 Å². The first-order chi connectivity index (χ1) is 15.9. The summed E-state index contributed by atoms with van der Waals surface area (Å²) in [5, 5.41) is 11.6. The van der Waals surface area contributed by atoms with Gasteiger partial charge in [0.2, 0.25) is 5.90 Å². The molecule has 4 aromatic rings. The highest BCUT2D eigenvalue weighted by Gasteiger charge is 2.31. The smallest absolute Gasteiger partial charge is 0.259 e. The van der Waals surface area contributed by atoms with Crippen LogP contribution >= 0.6 is 0 Å². The van der Waals surface area contributed by atoms with Crippen LogP contribution in [-0.4, -0.2) is 39.1 Å². The summed E-state index contributed by atoms with van der Waals surface area (Å²) in [5.41, 5.74) is 3.26. The Morgan fingerprint density at radius 3 is 2.52 bits per heavy atom. The molecule has 166 valence electrons. The molecule has 0 bridgehead atoms. The van der Waals surface area contributed by atoms with Crippen molar-refractivity contribution in [3.05, 3.63) is 84.1 Å². The van der Waals surface area contributed by atoms with E-state index in [0.717, 1.165) is 11.1 Å². The van der Waals surface area contributed by atoms with E-state index in [1.165, 1.54) is 0 Å². The van der Waals surface area contributed by atoms with Gasteiger partial charge in [0, 0.05) is 11.8 Å². The second-order valence-corrected chi connectivity index (χ2v) is 9.13. The summed E-state index contributed by atoms with van der Waals surface area (Å²) in [5.74, 6) is 0.964. The molecule has 1 N–H and O–H groups in total. The number of pyridine rings is 1. The first-order valence-corrected chi connectivity index (χ1v) is 10.9. The van der Waals surface area contributed by atoms with Gasteiger partial charge in [-0.3, -0.25) is 9.20 Å². The molecule has 0 unspecified atom stereocenters. The fourth-order valence-corrected chi connectivity index (χ4v) is 3.81. The number of hydrogen-bond donors (Lipinski definition) is 1. The topological polar surface area (TPSA) is 80.9 Å². The number of aliphatic imine (C=N–C) groups is 1. The lowest BCUT2D eigenvalue weighted by molar-refractivity contribution is 0.102. The molecule has 5 rings (SSSR count). The maximum atomic E-state index is 13.3. The maximum Gasteiger partial charge on any atom is 0.259 e. The molecule has 7 heteroatoms. The zero-order valence-electron chi connectivity index (χ0n) is 18.8. The van der Waals surface area contributed by atoms with E-state index in [1.807, 2.05) is 71.3 Å². The molecule has 0 saturated heterocycles. The molecule has 1 atom stereocenters. The Labute approximate surface area is 192 Å². The highest BCUT2D eigenvalue weighted by Crippen LogP contribution is 2.29. The molecule has 0 fully saturated rings. The number of carbonyl (C=O) groups excluding carboxylic acids is 1. The number of nitrogens with one attached hydrogen (secondary N) is 1. The van der Waals surface area contributed by atoms with Crippen molar-refractivity contribution in [2.75, 3.05) is 11.9 Å². The number of ether oxygens (including phenoxy) is 1. The number of para-hydroxylation sites is 1. The van der Waals surface area contributed by atoms with Crippen LogP contribution in [0.25, 0.3) is 17.0 Å². The SMILES string of the molecule is CC(C)(C)[C@H]1COC(c2ccccc2NC(=O)c2cccn3c(-c4ccccc4)nnc23)=N1. The predicted molar refractivity (Wildman–Crippen MR) is 129 cm³/mol. The van der Waals surface area contributed by atoms with Crippen LogP contribution in [0.3, 0.4) is 0 Å². The van der Waals surface area contributed by atoms with Crippen molar-refractivity contribution in [1.82, 2.24) is 14.6 Å². The Balaban J connectivity index is 1.47. The molecule has 2 aromatic heterocycles. The van der Waals surface area contributed by atoms with Crippen LogP contribution in [0, 0.1) is 5.41 Å². The van der Waals surface area contributed by atoms with E-state index in [2.05, 4.69) is 36.3 Å². The van der Waals surface area contributed by atoms with Crippen LogP contribution < -0.4 is 5.32 Å². The summed E-state index contributed by atoms with van der Waals surface area (Å²) in [6, 6.07) is 20.9. The highest BCUT2D eigenvalue weighted by molar-refractivity contribution is 6.11. The fourth-order valence-electron chi connectivity index (χ4n) is 3.81. The first kappa shape index (κ1) is 20.9. The molecule has 33 heavy (non-hydrogen) atoms. The van der Waals surface area contributed by atoms with Gasteiger partial charge in [-0.15, -0.1) is 10.2 Å². The molecular formula is C26H25N5O2. The summed E-state index contributed by atoms with van der Waals surface area (Å²) >= 11 is 0. The average Bonchev–Trinajstić information content (AvgIpc) is 3.47. The summed E-state index contributed by atoms with van der Waals surface area (Å²) in [6.45, 7) is 6.96. The monoisotopic (exact) mass is 439 g/mol. The van der Waals surface area contributed by atoms with Crippen LogP contribution in [0.1, 0.15) is 36.7 Å². The largest absolute Gasteiger partial charge is 0.475 e. The van der Waals surface area contributed by atoms with Crippen molar-refractivity contribution in [1.29, 1.82) is 0 Å². The Kier molecular flexibility index (Phi) is 5.17. The summed E-state index contributed by atoms with van der Waals surface area (Å²) in [4.78, 5) is 18.1. The summed E-state index contributed by atoms with van der Waals surface area (Å²) < 4.78 is 7.73. The maximum absolute atomic E-state index is 13.3. The van der Waals surface area contributed by atoms with E-state index in [-0.39, 0.29) is 17.4 Å². The molecule has 3 heterocycles. The lowest BCUT2D eigenvalue weighted by Crippen LogP contribution is -2.25. The van der Waals surface area contributed by atoms with Crippen molar-refractivity contribution >= 4 is 23.1 Å². The Morgan fingerprint density at radius 2 is 1.76 bits per heavy atom. The van der Waals surface area contributed by atoms with Crippen LogP contribution in [0.5, 0.6) is 0 Å². The number of rotatable bonds is 4. The Hall–Kier alpha value is -4.00. The van der Waals surface area contributed by atoms with E-state index in [1.54, 1.807) is 6.07 Å². The van der Waals surface area contributed by atoms with Crippen molar-refractivity contribution in [3.63, 3.8) is 0 Å². The molecule has 0 spiro atoms. The van der Waals surface area contributed by atoms with Gasteiger partial charge in [-0.2, -0.15) is 0 Å². The molecule has 1 amide bonds. The quantitative estimate of drug-likeness (QED) is 0.493. The summed E-state index contributed by atoms with van der Waals surface area (Å²) in [7, 11) is 0. The van der Waals surface area contributed by atoms with Crippen molar-refractivity contribution in [3.8, 4) is 11.4 Å². The van der Waals surface area contributed by atoms with Crippen LogP contribution in [-0.2, 0) is 4.74 Å². The number of benzene rings is 2. The normalized spacial score (nSPS) is 15.8. The third kappa shape index (κ3) is 3.98. The Bertz CT molecular complexity index is 1350. The fraction of sp³-hybridized carbons (Fsp3) is 0.231. The number of fused-ring (bicyclic) bond motifs is 1. The Morgan fingerprint density at radius 1 is 1.00 bits per heavy atom. The van der Waals surface area contributed by atoms with Gasteiger partial charge >= 0.3 is 0 Å². The van der Waals surface area contributed by atoms with E-state index in [9.17, 15) is 4.79 Å². The van der Waals surface area contributed by atoms with Gasteiger partial charge in [-0.05, 0) is 29.7 Å². The van der Waals surface area contributed by atoms with Crippen molar-refractivity contribution < 1.29 is 9.53 Å². The zero-order chi connectivity index (χ0) is 23.0. The third-order valence-corrected chi connectivity index (χ3v) is 5.77. The van der Waals surface area contributed by atoms with E-state index >= 15 is 0 Å². The number of amides is 1. The van der Waals surface area contributed by atoms with E-state index < -0.39 is 0 Å². The minimum absolute atomic E-state index is 0.000275. The molecule has 7 nitrogen and oxygen atoms in total. The molecule has 0 saturated carbocycles. The minimum atomic E-state index is -0.272. The summed E-state index contributed by atoms with van der Waals surface area (Å²) in [6.07, 6.45) is 1.86. The average molecular weight is 440 g/mol. The standard InChI is InChI=1S/C26H25N5O2/c1-26(2,3)21-16-33-25(28-21)18-12-7-8-14-20(18)27-24(32)19-13-9-15-31-22(29-30-23(19)31)17-10-5-4-6-11-17/h4-15,21H,16H2,1-3H3,(H,27,32)/t21-/m1/s1. The van der Waals surface area contributed by atoms with Gasteiger partial charge in [-0.1, -0.05) is 63.2 Å². The van der Waals surface area contributed by atoms with Crippen LogP contribution in [0.2, 0.25) is 0 Å². The molecule has 0 aliphatic carbocycles. The molecule has 1 aliphatic heterocycles. The molecular weight excluding hydrogens is 414 g/mol. The van der Waals surface area contributed by atoms with Gasteiger partial charge in [0.1, 0.15) is 6.61 Å². The molecule has 1 aliphatic rings. The van der Waals surface area contributed by atoms with Crippen LogP contribution in [0.15, 0.2) is 77.9 Å². The second kappa shape index (κ2) is 8.16. The second-order valence-electron chi connectivity index (χ2n) is 9.13. The third-order valence-electron chi connectivity index (χ3n) is 5.77. The van der Waals surface area contributed by atoms with Gasteiger partial charge < -0.3 is 10.1 Å². The number of hydrogen-bond acceptors (Lipinski definition) is 5. The zero-order valence-corrected chi connectivity index (χ0v) is 18.8. The van der Waals surface area contributed by atoms with Gasteiger partial charge in [0.25, 0.3) is 5.91 Å². The van der Waals surface area contributed by atoms with Gasteiger partial charge in [0.05, 0.1) is 22.9 Å². The lowest BCUT2D eigenvalue weighted by Gasteiger charge is -2.21.